The van der Waals surface area contributed by atoms with Gasteiger partial charge in [-0.1, -0.05) is 0 Å². The van der Waals surface area contributed by atoms with Gasteiger partial charge < -0.3 is 19.9 Å². The van der Waals surface area contributed by atoms with Gasteiger partial charge in [-0.05, 0) is 99.9 Å². The number of H-pyrrole nitrogens is 4. The maximum absolute atomic E-state index is 4.20. The minimum atomic E-state index is -0.150. The van der Waals surface area contributed by atoms with Crippen LogP contribution in [0.2, 0.25) is 0 Å². The maximum atomic E-state index is 4.20. The van der Waals surface area contributed by atoms with Crippen molar-refractivity contribution in [3.8, 4) is 0 Å². The van der Waals surface area contributed by atoms with Crippen molar-refractivity contribution in [1.82, 2.24) is 19.9 Å². The van der Waals surface area contributed by atoms with E-state index in [1.807, 2.05) is 0 Å². The second-order valence-electron chi connectivity index (χ2n) is 15.8. The highest BCUT2D eigenvalue weighted by Gasteiger charge is 2.47. The number of aromatic nitrogens is 4. The van der Waals surface area contributed by atoms with Gasteiger partial charge in [-0.15, -0.1) is 0 Å². The second kappa shape index (κ2) is 9.11. The van der Waals surface area contributed by atoms with Crippen LogP contribution in [0.25, 0.3) is 0 Å². The Hall–Kier alpha value is -1.48. The Bertz CT molecular complexity index is 1500. The fraction of sp³-hybridized carbons (Fsp3) is 0.556. The van der Waals surface area contributed by atoms with E-state index in [1.165, 1.54) is 45.6 Å². The lowest BCUT2D eigenvalue weighted by Gasteiger charge is -2.30. The fourth-order valence-corrected chi connectivity index (χ4v) is 14.0. The third-order valence-electron chi connectivity index (χ3n) is 11.8. The summed E-state index contributed by atoms with van der Waals surface area (Å²) in [5.74, 6) is 8.80. The minimum absolute atomic E-state index is 0.150. The van der Waals surface area contributed by atoms with Crippen molar-refractivity contribution in [3.05, 3.63) is 90.1 Å². The van der Waals surface area contributed by atoms with Crippen LogP contribution in [0.1, 0.15) is 145 Å². The molecule has 9 rings (SSSR count). The molecule has 0 atom stereocenters. The highest BCUT2D eigenvalue weighted by molar-refractivity contribution is 7.98. The van der Waals surface area contributed by atoms with Crippen LogP contribution in [0.4, 0.5) is 0 Å². The highest BCUT2D eigenvalue weighted by Crippen LogP contribution is 2.54. The van der Waals surface area contributed by atoms with E-state index >= 15 is 0 Å². The maximum Gasteiger partial charge on any atom is 0.0454 e. The second-order valence-corrected chi connectivity index (χ2v) is 19.7. The highest BCUT2D eigenvalue weighted by atomic mass is 32.2. The molecule has 0 aliphatic carbocycles. The van der Waals surface area contributed by atoms with E-state index in [2.05, 4.69) is 122 Å². The van der Waals surface area contributed by atoms with Gasteiger partial charge in [0, 0.05) is 113 Å². The number of hydrogen-bond donors (Lipinski definition) is 4. The first-order valence-corrected chi connectivity index (χ1v) is 20.8. The van der Waals surface area contributed by atoms with Gasteiger partial charge in [0.25, 0.3) is 0 Å². The average molecular weight is 661 g/mol. The van der Waals surface area contributed by atoms with Crippen molar-refractivity contribution in [2.45, 2.75) is 123 Å². The minimum Gasteiger partial charge on any atom is -0.360 e. The molecule has 4 aromatic heterocycles. The Morgan fingerprint density at radius 3 is 0.568 bits per heavy atom. The van der Waals surface area contributed by atoms with E-state index in [0.717, 1.165) is 46.0 Å². The Labute approximate surface area is 278 Å². The number of hydrogen-bond acceptors (Lipinski definition) is 4. The first-order chi connectivity index (χ1) is 20.8. The quantitative estimate of drug-likeness (QED) is 0.152. The summed E-state index contributed by atoms with van der Waals surface area (Å²) in [7, 11) is 0. The number of aromatic amines is 4. The van der Waals surface area contributed by atoms with Gasteiger partial charge in [0.15, 0.2) is 0 Å². The van der Waals surface area contributed by atoms with E-state index in [1.54, 1.807) is 44.5 Å². The van der Waals surface area contributed by atoms with Gasteiger partial charge in [-0.2, -0.15) is 47.0 Å². The topological polar surface area (TPSA) is 63.2 Å². The van der Waals surface area contributed by atoms with Crippen LogP contribution in [0, 0.1) is 0 Å². The van der Waals surface area contributed by atoms with Crippen molar-refractivity contribution in [2.24, 2.45) is 0 Å². The fourth-order valence-electron chi connectivity index (χ4n) is 9.37. The Morgan fingerprint density at radius 1 is 0.295 bits per heavy atom. The van der Waals surface area contributed by atoms with E-state index < -0.39 is 0 Å². The Morgan fingerprint density at radius 2 is 0.432 bits per heavy atom. The van der Waals surface area contributed by atoms with Crippen molar-refractivity contribution in [2.75, 3.05) is 0 Å². The molecule has 0 amide bonds. The summed E-state index contributed by atoms with van der Waals surface area (Å²) in [6, 6.07) is 0. The summed E-state index contributed by atoms with van der Waals surface area (Å²) in [6.45, 7) is 19.8. The van der Waals surface area contributed by atoms with Crippen molar-refractivity contribution >= 4 is 47.0 Å². The van der Waals surface area contributed by atoms with Crippen LogP contribution in [-0.2, 0) is 67.7 Å². The van der Waals surface area contributed by atoms with Gasteiger partial charge in [-0.25, -0.2) is 0 Å². The van der Waals surface area contributed by atoms with Crippen LogP contribution < -0.4 is 0 Å². The summed E-state index contributed by atoms with van der Waals surface area (Å²) in [5.41, 5.74) is 23.3. The number of rotatable bonds is 0. The van der Waals surface area contributed by atoms with Gasteiger partial charge >= 0.3 is 0 Å². The molecule has 0 saturated carbocycles. The molecule has 0 radical (unpaired) electrons. The molecule has 8 heteroatoms. The lowest BCUT2D eigenvalue weighted by molar-refractivity contribution is 0.540. The molecular weight excluding hydrogens is 617 g/mol. The summed E-state index contributed by atoms with van der Waals surface area (Å²) < 4.78 is 0. The Balaban J connectivity index is 1.40. The zero-order valence-corrected chi connectivity index (χ0v) is 30.6. The third-order valence-corrected chi connectivity index (χ3v) is 15.8. The SMILES string of the molecule is CC1(C)c2[nH]c(c3c2CSC3)C(C)(C)c2[nH]c(c3c2CSC3)C(C)(C)c2[nH]c(c3c2CSC3)C(C)(C)c2[nH]c1c1c2CSC1. The van der Waals surface area contributed by atoms with Crippen molar-refractivity contribution in [1.29, 1.82) is 0 Å². The largest absolute Gasteiger partial charge is 0.360 e. The summed E-state index contributed by atoms with van der Waals surface area (Å²) >= 11 is 8.36. The van der Waals surface area contributed by atoms with Gasteiger partial charge in [0.2, 0.25) is 0 Å². The molecule has 232 valence electrons. The molecule has 4 aromatic rings. The standard InChI is InChI=1S/C36H44N4S4/c1-33(2)25-17-9-41-11-19(17)27(37-25)34(3,4)29-21-13-43-15-23(21)31(39-29)36(7,8)32-24-16-44-14-22(24)30(40-32)35(5,6)28-20-12-42-10-18(20)26(33)38-28/h37-40H,9-16H2,1-8H3. The molecule has 0 saturated heterocycles. The summed E-state index contributed by atoms with van der Waals surface area (Å²) in [4.78, 5) is 16.8. The van der Waals surface area contributed by atoms with Crippen LogP contribution in [0.15, 0.2) is 0 Å². The number of nitrogens with one attached hydrogen (secondary N) is 4. The first kappa shape index (κ1) is 28.7. The number of fused-ring (bicyclic) bond motifs is 20. The molecule has 0 fully saturated rings. The average Bonchev–Trinajstić information content (AvgIpc) is 3.77. The van der Waals surface area contributed by atoms with Gasteiger partial charge in [0.05, 0.1) is 0 Å². The van der Waals surface area contributed by atoms with E-state index in [4.69, 9.17) is 0 Å². The molecule has 4 nitrogen and oxygen atoms in total. The van der Waals surface area contributed by atoms with Crippen LogP contribution >= 0.6 is 47.0 Å². The van der Waals surface area contributed by atoms with Gasteiger partial charge in [-0.3, -0.25) is 0 Å². The van der Waals surface area contributed by atoms with Crippen molar-refractivity contribution in [3.63, 3.8) is 0 Å². The molecular formula is C36H44N4S4. The zero-order chi connectivity index (χ0) is 30.6. The van der Waals surface area contributed by atoms with Crippen LogP contribution in [0.5, 0.6) is 0 Å². The molecule has 5 aliphatic rings. The van der Waals surface area contributed by atoms with E-state index in [0.29, 0.717) is 0 Å². The van der Waals surface area contributed by atoms with E-state index in [-0.39, 0.29) is 21.7 Å². The Kier molecular flexibility index (Phi) is 5.94. The predicted octanol–water partition coefficient (Wildman–Crippen LogP) is 9.60. The molecule has 4 N–H and O–H groups in total. The normalized spacial score (nSPS) is 23.1. The molecule has 5 aliphatic heterocycles. The lowest BCUT2D eigenvalue weighted by atomic mass is 9.79. The third kappa shape index (κ3) is 3.50. The molecule has 44 heavy (non-hydrogen) atoms. The molecule has 0 spiro atoms. The predicted molar refractivity (Wildman–Crippen MR) is 192 cm³/mol. The zero-order valence-electron chi connectivity index (χ0n) is 27.3. The first-order valence-electron chi connectivity index (χ1n) is 16.1. The van der Waals surface area contributed by atoms with Crippen molar-refractivity contribution < 1.29 is 0 Å². The summed E-state index contributed by atoms with van der Waals surface area (Å²) in [5, 5.41) is 0. The van der Waals surface area contributed by atoms with Crippen LogP contribution in [-0.4, -0.2) is 19.9 Å². The smallest absolute Gasteiger partial charge is 0.0454 e. The summed E-state index contributed by atoms with van der Waals surface area (Å²) in [6.07, 6.45) is 0. The number of thioether (sulfide) groups is 4. The molecule has 9 heterocycles. The molecule has 0 unspecified atom stereocenters. The van der Waals surface area contributed by atoms with E-state index in [9.17, 15) is 0 Å². The monoisotopic (exact) mass is 660 g/mol. The lowest BCUT2D eigenvalue weighted by Crippen LogP contribution is -2.28. The van der Waals surface area contributed by atoms with Gasteiger partial charge in [0.1, 0.15) is 0 Å². The molecule has 8 bridgehead atoms. The molecule has 0 aromatic carbocycles. The van der Waals surface area contributed by atoms with Crippen LogP contribution in [0.3, 0.4) is 0 Å².